The SMILES string of the molecule is CC(C)[N](C(C)C)[Ge]([Cl])([C]#CC(C)(C)C)[C]#CC(C)(C)C. The molecule has 0 saturated heterocycles. The fourth-order valence-electron chi connectivity index (χ4n) is 2.01. The first-order valence-electron chi connectivity index (χ1n) is 7.74. The van der Waals surface area contributed by atoms with E-state index in [1.54, 1.807) is 0 Å². The van der Waals surface area contributed by atoms with Gasteiger partial charge in [0.2, 0.25) is 0 Å². The summed E-state index contributed by atoms with van der Waals surface area (Å²) in [6.07, 6.45) is 0. The number of hydrogen-bond donors (Lipinski definition) is 0. The van der Waals surface area contributed by atoms with Crippen LogP contribution in [0.4, 0.5) is 0 Å². The molecule has 0 heterocycles. The minimum atomic E-state index is -3.24. The minimum absolute atomic E-state index is 0.0472. The van der Waals surface area contributed by atoms with Crippen molar-refractivity contribution in [1.29, 1.82) is 0 Å². The Morgan fingerprint density at radius 1 is 0.762 bits per heavy atom. The molecule has 0 aliphatic rings. The second-order valence-corrected chi connectivity index (χ2v) is 15.8. The normalized spacial score (nSPS) is 13.0. The molecule has 0 saturated carbocycles. The molecule has 0 spiro atoms. The Kier molecular flexibility index (Phi) is 7.42. The van der Waals surface area contributed by atoms with Crippen LogP contribution in [0.3, 0.4) is 0 Å². The van der Waals surface area contributed by atoms with Crippen LogP contribution in [-0.4, -0.2) is 28.5 Å². The van der Waals surface area contributed by atoms with Gasteiger partial charge in [-0.1, -0.05) is 0 Å². The first-order valence-corrected chi connectivity index (χ1v) is 13.5. The Bertz CT molecular complexity index is 418. The van der Waals surface area contributed by atoms with Crippen molar-refractivity contribution in [2.45, 2.75) is 81.3 Å². The summed E-state index contributed by atoms with van der Waals surface area (Å²) < 4.78 is 9.21. The summed E-state index contributed by atoms with van der Waals surface area (Å²) >= 11 is -3.24. The van der Waals surface area contributed by atoms with Gasteiger partial charge in [0, 0.05) is 0 Å². The van der Waals surface area contributed by atoms with Gasteiger partial charge in [0.15, 0.2) is 0 Å². The maximum atomic E-state index is 7.07. The molecular weight excluding hydrogens is 338 g/mol. The van der Waals surface area contributed by atoms with E-state index >= 15 is 0 Å². The van der Waals surface area contributed by atoms with Crippen LogP contribution in [0.5, 0.6) is 0 Å². The zero-order valence-electron chi connectivity index (χ0n) is 15.5. The van der Waals surface area contributed by atoms with Gasteiger partial charge >= 0.3 is 140 Å². The Morgan fingerprint density at radius 2 is 1.05 bits per heavy atom. The molecule has 0 fully saturated rings. The molecule has 1 nitrogen and oxygen atoms in total. The first kappa shape index (κ1) is 20.9. The summed E-state index contributed by atoms with van der Waals surface area (Å²) in [6, 6.07) is 0.706. The molecule has 0 amide bonds. The average Bonchev–Trinajstić information content (AvgIpc) is 2.21. The molecule has 0 unspecified atom stereocenters. The summed E-state index contributed by atoms with van der Waals surface area (Å²) in [4.78, 5) is 0. The van der Waals surface area contributed by atoms with Gasteiger partial charge in [-0.05, 0) is 0 Å². The van der Waals surface area contributed by atoms with Crippen molar-refractivity contribution in [3.63, 3.8) is 0 Å². The molecule has 21 heavy (non-hydrogen) atoms. The van der Waals surface area contributed by atoms with Crippen molar-refractivity contribution >= 4 is 22.6 Å². The zero-order valence-corrected chi connectivity index (χ0v) is 18.3. The van der Waals surface area contributed by atoms with Crippen molar-refractivity contribution in [2.75, 3.05) is 0 Å². The molecule has 0 N–H and O–H groups in total. The van der Waals surface area contributed by atoms with Gasteiger partial charge in [-0.15, -0.1) is 0 Å². The van der Waals surface area contributed by atoms with E-state index in [2.05, 4.69) is 94.4 Å². The van der Waals surface area contributed by atoms with E-state index in [0.29, 0.717) is 12.1 Å². The van der Waals surface area contributed by atoms with Gasteiger partial charge in [0.1, 0.15) is 0 Å². The molecular formula is C18H32ClGeN. The molecule has 0 aliphatic heterocycles. The van der Waals surface area contributed by atoms with Crippen LogP contribution in [0.25, 0.3) is 0 Å². The van der Waals surface area contributed by atoms with E-state index in [4.69, 9.17) is 10.0 Å². The monoisotopic (exact) mass is 371 g/mol. The fraction of sp³-hybridized carbons (Fsp3) is 0.778. The topological polar surface area (TPSA) is 3.24 Å². The predicted octanol–water partition coefficient (Wildman–Crippen LogP) is 4.96. The fourth-order valence-corrected chi connectivity index (χ4v) is 10.5. The number of halogens is 1. The molecule has 0 aliphatic carbocycles. The number of rotatable bonds is 3. The Hall–Kier alpha value is -0.0871. The van der Waals surface area contributed by atoms with E-state index in [1.807, 2.05) is 0 Å². The summed E-state index contributed by atoms with van der Waals surface area (Å²) in [5.74, 6) is 6.69. The van der Waals surface area contributed by atoms with E-state index < -0.39 is 12.6 Å². The van der Waals surface area contributed by atoms with Crippen LogP contribution < -0.4 is 0 Å². The Morgan fingerprint density at radius 3 is 1.24 bits per heavy atom. The van der Waals surface area contributed by atoms with Gasteiger partial charge < -0.3 is 0 Å². The van der Waals surface area contributed by atoms with E-state index in [-0.39, 0.29) is 10.8 Å². The van der Waals surface area contributed by atoms with Crippen LogP contribution in [0.1, 0.15) is 69.2 Å². The van der Waals surface area contributed by atoms with Crippen LogP contribution in [0.2, 0.25) is 0 Å². The third-order valence-corrected chi connectivity index (χ3v) is 10.2. The number of hydrogen-bond acceptors (Lipinski definition) is 1. The standard InChI is InChI=1S/C18H32ClGeN/c1-15(2)21(16(3)4)20(19,13-11-17(5,6)7)14-12-18(8,9)10/h15-16H,1-10H3. The summed E-state index contributed by atoms with van der Waals surface area (Å²) in [7, 11) is 7.07. The van der Waals surface area contributed by atoms with Gasteiger partial charge in [0.25, 0.3) is 0 Å². The van der Waals surface area contributed by atoms with Crippen molar-refractivity contribution in [3.8, 4) is 21.3 Å². The maximum absolute atomic E-state index is 7.07. The van der Waals surface area contributed by atoms with E-state index in [0.717, 1.165) is 0 Å². The van der Waals surface area contributed by atoms with Gasteiger partial charge in [-0.3, -0.25) is 0 Å². The molecule has 0 bridgehead atoms. The van der Waals surface area contributed by atoms with Gasteiger partial charge in [-0.2, -0.15) is 0 Å². The Balaban J connectivity index is 5.96. The molecule has 0 atom stereocenters. The predicted molar refractivity (Wildman–Crippen MR) is 98.2 cm³/mol. The van der Waals surface area contributed by atoms with E-state index in [1.165, 1.54) is 0 Å². The first-order chi connectivity index (χ1) is 9.18. The average molecular weight is 371 g/mol. The number of nitrogens with zero attached hydrogens (tertiary/aromatic N) is 1. The second-order valence-electron chi connectivity index (χ2n) is 8.22. The quantitative estimate of drug-likeness (QED) is 0.501. The molecule has 3 heteroatoms. The van der Waals surface area contributed by atoms with Gasteiger partial charge in [0.05, 0.1) is 0 Å². The molecule has 0 aromatic rings. The molecule has 0 rings (SSSR count). The molecule has 0 radical (unpaired) electrons. The Labute approximate surface area is 140 Å². The van der Waals surface area contributed by atoms with Crippen molar-refractivity contribution < 1.29 is 0 Å². The molecule has 0 aromatic heterocycles. The van der Waals surface area contributed by atoms with Crippen molar-refractivity contribution in [1.82, 2.24) is 3.86 Å². The third kappa shape index (κ3) is 8.20. The zero-order chi connectivity index (χ0) is 17.1. The van der Waals surface area contributed by atoms with Crippen LogP contribution in [0.15, 0.2) is 0 Å². The van der Waals surface area contributed by atoms with Crippen LogP contribution >= 0.6 is 10.0 Å². The van der Waals surface area contributed by atoms with Crippen LogP contribution in [0, 0.1) is 32.2 Å². The summed E-state index contributed by atoms with van der Waals surface area (Å²) in [5.41, 5.74) is -0.0944. The van der Waals surface area contributed by atoms with Crippen molar-refractivity contribution in [3.05, 3.63) is 0 Å². The summed E-state index contributed by atoms with van der Waals surface area (Å²) in [6.45, 7) is 21.4. The third-order valence-electron chi connectivity index (χ3n) is 2.67. The second kappa shape index (κ2) is 7.45. The van der Waals surface area contributed by atoms with Crippen molar-refractivity contribution in [2.24, 2.45) is 10.8 Å². The molecule has 0 aromatic carbocycles. The molecule has 120 valence electrons. The van der Waals surface area contributed by atoms with Crippen LogP contribution in [-0.2, 0) is 0 Å². The van der Waals surface area contributed by atoms with E-state index in [9.17, 15) is 0 Å². The summed E-state index contributed by atoms with van der Waals surface area (Å²) in [5, 5.41) is 0. The van der Waals surface area contributed by atoms with Gasteiger partial charge in [-0.25, -0.2) is 0 Å².